The van der Waals surface area contributed by atoms with Crippen molar-refractivity contribution >= 4 is 23.6 Å². The molecule has 2 unspecified atom stereocenters. The van der Waals surface area contributed by atoms with Crippen molar-refractivity contribution in [3.8, 4) is 0 Å². The van der Waals surface area contributed by atoms with Crippen molar-refractivity contribution in [3.05, 3.63) is 35.4 Å². The first-order valence-corrected chi connectivity index (χ1v) is 14.1. The lowest BCUT2D eigenvalue weighted by Crippen LogP contribution is -2.21. The molecule has 196 valence electrons. The fourth-order valence-electron chi connectivity index (χ4n) is 5.59. The predicted molar refractivity (Wildman–Crippen MR) is 147 cm³/mol. The van der Waals surface area contributed by atoms with E-state index in [0.29, 0.717) is 36.3 Å². The van der Waals surface area contributed by atoms with Gasteiger partial charge >= 0.3 is 0 Å². The molecule has 0 radical (unpaired) electrons. The van der Waals surface area contributed by atoms with Crippen molar-refractivity contribution in [2.45, 2.75) is 97.6 Å². The van der Waals surface area contributed by atoms with Gasteiger partial charge in [0.1, 0.15) is 0 Å². The van der Waals surface area contributed by atoms with E-state index < -0.39 is 0 Å². The number of anilines is 3. The molecule has 2 aliphatic rings. The monoisotopic (exact) mass is 492 g/mol. The molecule has 2 aromatic rings. The van der Waals surface area contributed by atoms with E-state index in [1.165, 1.54) is 64.2 Å². The van der Waals surface area contributed by atoms with Gasteiger partial charge in [-0.25, -0.2) is 0 Å². The number of benzene rings is 1. The van der Waals surface area contributed by atoms with Crippen LogP contribution in [0, 0.1) is 17.8 Å². The SMILES string of the molecule is CCCC1CCC(Nc2nc(NCc3ccc(C(=O)C(C)C)cc3)nc(NCC3CCCCC3)n2)C1. The Bertz CT molecular complexity index is 970. The van der Waals surface area contributed by atoms with Crippen LogP contribution in [0.15, 0.2) is 24.3 Å². The minimum Gasteiger partial charge on any atom is -0.354 e. The van der Waals surface area contributed by atoms with E-state index in [4.69, 9.17) is 9.97 Å². The first-order chi connectivity index (χ1) is 17.5. The number of rotatable bonds is 12. The maximum Gasteiger partial charge on any atom is 0.229 e. The van der Waals surface area contributed by atoms with E-state index in [1.54, 1.807) is 0 Å². The number of hydrogen-bond acceptors (Lipinski definition) is 7. The third-order valence-electron chi connectivity index (χ3n) is 7.69. The second-order valence-corrected chi connectivity index (χ2v) is 11.1. The normalized spacial score (nSPS) is 20.4. The minimum absolute atomic E-state index is 0.00163. The van der Waals surface area contributed by atoms with E-state index in [-0.39, 0.29) is 11.7 Å². The van der Waals surface area contributed by atoms with E-state index in [0.717, 1.165) is 23.6 Å². The zero-order chi connectivity index (χ0) is 25.3. The van der Waals surface area contributed by atoms with Crippen molar-refractivity contribution < 1.29 is 4.79 Å². The highest BCUT2D eigenvalue weighted by molar-refractivity contribution is 5.97. The Kier molecular flexibility index (Phi) is 9.54. The number of aromatic nitrogens is 3. The first kappa shape index (κ1) is 26.4. The smallest absolute Gasteiger partial charge is 0.229 e. The molecule has 7 nitrogen and oxygen atoms in total. The van der Waals surface area contributed by atoms with E-state index in [2.05, 4.69) is 27.9 Å². The summed E-state index contributed by atoms with van der Waals surface area (Å²) in [5.74, 6) is 3.54. The lowest BCUT2D eigenvalue weighted by atomic mass is 9.89. The summed E-state index contributed by atoms with van der Waals surface area (Å²) in [5, 5.41) is 10.5. The van der Waals surface area contributed by atoms with Crippen LogP contribution < -0.4 is 16.0 Å². The Morgan fingerprint density at radius 2 is 1.58 bits per heavy atom. The molecule has 1 aromatic heterocycles. The van der Waals surface area contributed by atoms with Crippen LogP contribution in [0.5, 0.6) is 0 Å². The quantitative estimate of drug-likeness (QED) is 0.284. The van der Waals surface area contributed by atoms with Crippen LogP contribution in [-0.4, -0.2) is 33.3 Å². The van der Waals surface area contributed by atoms with Gasteiger partial charge in [0.2, 0.25) is 17.8 Å². The Morgan fingerprint density at radius 3 is 2.28 bits per heavy atom. The zero-order valence-electron chi connectivity index (χ0n) is 22.4. The number of carbonyl (C=O) groups excluding carboxylic acids is 1. The summed E-state index contributed by atoms with van der Waals surface area (Å²) in [7, 11) is 0. The summed E-state index contributed by atoms with van der Waals surface area (Å²) >= 11 is 0. The molecule has 36 heavy (non-hydrogen) atoms. The fraction of sp³-hybridized carbons (Fsp3) is 0.655. The van der Waals surface area contributed by atoms with E-state index >= 15 is 0 Å². The number of carbonyl (C=O) groups is 1. The van der Waals surface area contributed by atoms with Crippen LogP contribution in [0.2, 0.25) is 0 Å². The summed E-state index contributed by atoms with van der Waals surface area (Å²) in [6, 6.07) is 8.23. The fourth-order valence-corrected chi connectivity index (χ4v) is 5.59. The second-order valence-electron chi connectivity index (χ2n) is 11.1. The standard InChI is InChI=1S/C29H44N6O/c1-4-8-21-13-16-25(17-21)32-29-34-27(30-18-22-9-6-5-7-10-22)33-28(35-29)31-19-23-11-14-24(15-12-23)26(36)20(2)3/h11-12,14-15,20-22,25H,4-10,13,16-19H2,1-3H3,(H3,30,31,32,33,34,35). The molecule has 0 spiro atoms. The molecule has 2 aliphatic carbocycles. The summed E-state index contributed by atoms with van der Waals surface area (Å²) < 4.78 is 0. The summed E-state index contributed by atoms with van der Waals surface area (Å²) in [4.78, 5) is 26.4. The largest absolute Gasteiger partial charge is 0.354 e. The van der Waals surface area contributed by atoms with Crippen LogP contribution in [0.1, 0.15) is 101 Å². The van der Waals surface area contributed by atoms with Crippen molar-refractivity contribution in [1.29, 1.82) is 0 Å². The van der Waals surface area contributed by atoms with Gasteiger partial charge < -0.3 is 16.0 Å². The highest BCUT2D eigenvalue weighted by atomic mass is 16.1. The Hall–Kier alpha value is -2.70. The molecule has 2 saturated carbocycles. The molecule has 4 rings (SSSR count). The van der Waals surface area contributed by atoms with Gasteiger partial charge in [-0.3, -0.25) is 4.79 Å². The second kappa shape index (κ2) is 13.0. The van der Waals surface area contributed by atoms with E-state index in [9.17, 15) is 4.79 Å². The van der Waals surface area contributed by atoms with Crippen molar-refractivity contribution in [1.82, 2.24) is 15.0 Å². The number of hydrogen-bond donors (Lipinski definition) is 3. The summed E-state index contributed by atoms with van der Waals surface area (Å²) in [5.41, 5.74) is 1.84. The van der Waals surface area contributed by atoms with Crippen molar-refractivity contribution in [2.75, 3.05) is 22.5 Å². The molecule has 7 heteroatoms. The zero-order valence-corrected chi connectivity index (χ0v) is 22.4. The number of Topliss-reactive ketones (excluding diaryl/α,β-unsaturated/α-hetero) is 1. The molecule has 0 amide bonds. The molecular formula is C29H44N6O. The van der Waals surface area contributed by atoms with Gasteiger partial charge in [-0.15, -0.1) is 0 Å². The molecule has 1 heterocycles. The lowest BCUT2D eigenvalue weighted by Gasteiger charge is -2.22. The molecule has 0 saturated heterocycles. The topological polar surface area (TPSA) is 91.8 Å². The Morgan fingerprint density at radius 1 is 0.889 bits per heavy atom. The molecule has 2 atom stereocenters. The number of nitrogens with one attached hydrogen (secondary N) is 3. The molecule has 0 bridgehead atoms. The predicted octanol–water partition coefficient (Wildman–Crippen LogP) is 6.70. The minimum atomic E-state index is 0.00163. The molecule has 1 aromatic carbocycles. The molecular weight excluding hydrogens is 448 g/mol. The van der Waals surface area contributed by atoms with Crippen molar-refractivity contribution in [3.63, 3.8) is 0 Å². The van der Waals surface area contributed by atoms with Crippen LogP contribution in [-0.2, 0) is 6.54 Å². The average molecular weight is 493 g/mol. The Labute approximate surface area is 216 Å². The van der Waals surface area contributed by atoms with Gasteiger partial charge in [0.15, 0.2) is 5.78 Å². The van der Waals surface area contributed by atoms with Crippen LogP contribution >= 0.6 is 0 Å². The maximum absolute atomic E-state index is 12.2. The highest BCUT2D eigenvalue weighted by Crippen LogP contribution is 2.31. The van der Waals surface area contributed by atoms with Crippen LogP contribution in [0.25, 0.3) is 0 Å². The number of ketones is 1. The van der Waals surface area contributed by atoms with Gasteiger partial charge in [-0.2, -0.15) is 15.0 Å². The first-order valence-electron chi connectivity index (χ1n) is 14.1. The summed E-state index contributed by atoms with van der Waals surface area (Å²) in [6.07, 6.45) is 12.8. The van der Waals surface area contributed by atoms with Gasteiger partial charge in [-0.05, 0) is 49.5 Å². The van der Waals surface area contributed by atoms with Gasteiger partial charge in [0, 0.05) is 30.6 Å². The third-order valence-corrected chi connectivity index (χ3v) is 7.69. The van der Waals surface area contributed by atoms with Crippen LogP contribution in [0.3, 0.4) is 0 Å². The van der Waals surface area contributed by atoms with Gasteiger partial charge in [-0.1, -0.05) is 77.1 Å². The highest BCUT2D eigenvalue weighted by Gasteiger charge is 2.25. The summed E-state index contributed by atoms with van der Waals surface area (Å²) in [6.45, 7) is 7.63. The van der Waals surface area contributed by atoms with Crippen molar-refractivity contribution in [2.24, 2.45) is 17.8 Å². The average Bonchev–Trinajstić information content (AvgIpc) is 3.33. The molecule has 2 fully saturated rings. The van der Waals surface area contributed by atoms with E-state index in [1.807, 2.05) is 38.1 Å². The van der Waals surface area contributed by atoms with Crippen LogP contribution in [0.4, 0.5) is 17.8 Å². The van der Waals surface area contributed by atoms with Gasteiger partial charge in [0.05, 0.1) is 0 Å². The lowest BCUT2D eigenvalue weighted by molar-refractivity contribution is 0.0939. The maximum atomic E-state index is 12.2. The third kappa shape index (κ3) is 7.65. The molecule has 3 N–H and O–H groups in total. The molecule has 0 aliphatic heterocycles. The van der Waals surface area contributed by atoms with Gasteiger partial charge in [0.25, 0.3) is 0 Å². The Balaban J connectivity index is 1.42. The number of nitrogens with zero attached hydrogens (tertiary/aromatic N) is 3.